The van der Waals surface area contributed by atoms with E-state index in [1.807, 2.05) is 73.2 Å². The van der Waals surface area contributed by atoms with E-state index in [0.29, 0.717) is 18.9 Å². The summed E-state index contributed by atoms with van der Waals surface area (Å²) in [6, 6.07) is 10.6. The Morgan fingerprint density at radius 3 is 1.94 bits per heavy atom. The van der Waals surface area contributed by atoms with Crippen LogP contribution in [0.2, 0.25) is 0 Å². The first-order valence-corrected chi connectivity index (χ1v) is 21.3. The Bertz CT molecular complexity index is 2590. The van der Waals surface area contributed by atoms with E-state index in [4.69, 9.17) is 19.4 Å². The van der Waals surface area contributed by atoms with Crippen molar-refractivity contribution in [1.29, 1.82) is 0 Å². The molecular weight excluding hydrogens is 785 g/mol. The van der Waals surface area contributed by atoms with Gasteiger partial charge in [-0.2, -0.15) is 0 Å². The molecule has 2 fully saturated rings. The average Bonchev–Trinajstić information content (AvgIpc) is 4.14. The first-order chi connectivity index (χ1) is 30.0. The number of aromatic amines is 2. The van der Waals surface area contributed by atoms with Crippen molar-refractivity contribution in [2.24, 2.45) is 17.8 Å². The third kappa shape index (κ3) is 8.52. The van der Waals surface area contributed by atoms with Gasteiger partial charge in [-0.15, -0.1) is 0 Å². The van der Waals surface area contributed by atoms with Gasteiger partial charge in [-0.05, 0) is 78.1 Å². The van der Waals surface area contributed by atoms with Crippen molar-refractivity contribution in [3.05, 3.63) is 120 Å². The summed E-state index contributed by atoms with van der Waals surface area (Å²) in [5.41, 5.74) is 12.0. The number of ether oxygens (including phenoxy) is 2. The molecule has 62 heavy (non-hydrogen) atoms. The summed E-state index contributed by atoms with van der Waals surface area (Å²) in [7, 11) is 2.59. The van der Waals surface area contributed by atoms with Crippen LogP contribution in [0.3, 0.4) is 0 Å². The molecule has 2 saturated heterocycles. The number of benzene rings is 2. The second kappa shape index (κ2) is 18.0. The van der Waals surface area contributed by atoms with Gasteiger partial charge in [0.05, 0.1) is 55.7 Å². The minimum Gasteiger partial charge on any atom is -0.453 e. The zero-order chi connectivity index (χ0) is 43.5. The molecule has 6 atom stereocenters. The van der Waals surface area contributed by atoms with Gasteiger partial charge in [0.2, 0.25) is 11.8 Å². The number of hydrogen-bond acceptors (Lipinski definition) is 8. The van der Waals surface area contributed by atoms with Crippen LogP contribution in [-0.2, 0) is 19.1 Å². The zero-order valence-electron chi connectivity index (χ0n) is 35.6. The lowest BCUT2D eigenvalue weighted by atomic mass is 9.83. The third-order valence-corrected chi connectivity index (χ3v) is 12.4. The highest BCUT2D eigenvalue weighted by molar-refractivity contribution is 5.92. The second-order valence-electron chi connectivity index (χ2n) is 16.6. The first-order valence-electron chi connectivity index (χ1n) is 21.3. The van der Waals surface area contributed by atoms with Crippen LogP contribution in [0.15, 0.2) is 96.7 Å². The molecule has 6 unspecified atom stereocenters. The van der Waals surface area contributed by atoms with Crippen LogP contribution in [0.4, 0.5) is 9.59 Å². The van der Waals surface area contributed by atoms with Crippen LogP contribution < -0.4 is 10.6 Å². The average molecular weight is 837 g/mol. The molecule has 14 nitrogen and oxygen atoms in total. The lowest BCUT2D eigenvalue weighted by Crippen LogP contribution is -2.53. The lowest BCUT2D eigenvalue weighted by Gasteiger charge is -2.34. The molecule has 4 N–H and O–H groups in total. The molecule has 2 aromatic carbocycles. The number of fused-ring (bicyclic) bond motifs is 1. The molecule has 2 aliphatic carbocycles. The van der Waals surface area contributed by atoms with Crippen molar-refractivity contribution in [3.8, 4) is 11.3 Å². The summed E-state index contributed by atoms with van der Waals surface area (Å²) in [6.45, 7) is 6.99. The smallest absolute Gasteiger partial charge is 0.407 e. The number of nitrogens with one attached hydrogen (secondary N) is 4. The molecule has 4 aromatic rings. The fraction of sp³-hybridized carbons (Fsp3) is 0.375. The number of rotatable bonds is 11. The highest BCUT2D eigenvalue weighted by atomic mass is 16.5. The Morgan fingerprint density at radius 1 is 0.742 bits per heavy atom. The van der Waals surface area contributed by atoms with E-state index in [9.17, 15) is 19.2 Å². The van der Waals surface area contributed by atoms with Crippen LogP contribution in [0.25, 0.3) is 33.2 Å². The van der Waals surface area contributed by atoms with Crippen molar-refractivity contribution in [2.45, 2.75) is 70.6 Å². The Kier molecular flexibility index (Phi) is 12.1. The Hall–Kier alpha value is -6.88. The Balaban J connectivity index is 0.963. The zero-order valence-corrected chi connectivity index (χ0v) is 35.6. The first kappa shape index (κ1) is 41.8. The van der Waals surface area contributed by atoms with E-state index in [0.717, 1.165) is 75.9 Å². The van der Waals surface area contributed by atoms with Crippen LogP contribution in [-0.4, -0.2) is 93.1 Å². The maximum atomic E-state index is 14.1. The van der Waals surface area contributed by atoms with Crippen LogP contribution in [0.1, 0.15) is 81.4 Å². The van der Waals surface area contributed by atoms with Crippen molar-refractivity contribution in [1.82, 2.24) is 40.4 Å². The SMILES string of the molecule is COC(=O)NC(C(=O)N1CCCC1c1ncc(-c2ccc3cc(C4=C=C=C(c5cnc(C6CCCN6C(=O)C(NC(=O)OC)C6C=CC=CC6C)[nH]5)C=C4)ccc3c2)[nH]1)C(C)C. The number of hydrogen-bond donors (Lipinski definition) is 4. The predicted molar refractivity (Wildman–Crippen MR) is 235 cm³/mol. The van der Waals surface area contributed by atoms with Crippen LogP contribution in [0.5, 0.6) is 0 Å². The molecule has 0 bridgehead atoms. The molecule has 8 rings (SSSR count). The summed E-state index contributed by atoms with van der Waals surface area (Å²) in [6.07, 6.45) is 17.4. The molecular formula is C48H52N8O6. The van der Waals surface area contributed by atoms with Gasteiger partial charge >= 0.3 is 12.2 Å². The number of alkyl carbamates (subject to hydrolysis) is 2. The normalized spacial score (nSPS) is 21.5. The van der Waals surface area contributed by atoms with Gasteiger partial charge in [0, 0.05) is 30.1 Å². The maximum Gasteiger partial charge on any atom is 0.407 e. The minimum atomic E-state index is -0.775. The molecule has 4 heterocycles. The standard InChI is InChI=1S/C48H52N8O6/c1-28(2)41(53-47(59)61-4)45(57)55-22-8-12-39(55)44-50-27-38(52-44)35-21-20-33-24-32(18-19-34(33)25-35)30-14-16-31(17-15-30)37-26-49-43(51-37)40-13-9-23-56(40)46(58)42(54-48(60)62-5)36-11-7-6-10-29(36)3/h6-7,10-11,14,16,18-21,24-29,36,39-42H,8-9,12-13,22-23H2,1-5H3,(H,49,51)(H,50,52)(H,53,59)(H,54,60). The second-order valence-corrected chi connectivity index (χ2v) is 16.6. The van der Waals surface area contributed by atoms with Crippen molar-refractivity contribution in [3.63, 3.8) is 0 Å². The van der Waals surface area contributed by atoms with E-state index in [2.05, 4.69) is 68.5 Å². The van der Waals surface area contributed by atoms with Crippen LogP contribution in [0, 0.1) is 17.8 Å². The summed E-state index contributed by atoms with van der Waals surface area (Å²) in [5.74, 6) is 0.840. The number of methoxy groups -OCH3 is 2. The predicted octanol–water partition coefficient (Wildman–Crippen LogP) is 7.55. The summed E-state index contributed by atoms with van der Waals surface area (Å²) in [4.78, 5) is 72.0. The number of amides is 4. The monoisotopic (exact) mass is 836 g/mol. The van der Waals surface area contributed by atoms with Crippen molar-refractivity contribution >= 4 is 45.9 Å². The highest BCUT2D eigenvalue weighted by Crippen LogP contribution is 2.36. The van der Waals surface area contributed by atoms with E-state index in [1.54, 1.807) is 6.20 Å². The molecule has 14 heteroatoms. The Labute approximate surface area is 360 Å². The number of allylic oxidation sites excluding steroid dienone is 7. The molecule has 2 aliphatic heterocycles. The topological polar surface area (TPSA) is 175 Å². The van der Waals surface area contributed by atoms with E-state index in [-0.39, 0.29) is 41.7 Å². The van der Waals surface area contributed by atoms with Gasteiger partial charge in [-0.3, -0.25) is 9.59 Å². The van der Waals surface area contributed by atoms with E-state index in [1.165, 1.54) is 14.2 Å². The molecule has 4 amide bonds. The van der Waals surface area contributed by atoms with Gasteiger partial charge in [0.1, 0.15) is 23.7 Å². The number of nitrogens with zero attached hydrogens (tertiary/aromatic N) is 4. The molecule has 2 aromatic heterocycles. The van der Waals surface area contributed by atoms with Gasteiger partial charge in [-0.1, -0.05) is 80.8 Å². The quantitative estimate of drug-likeness (QED) is 0.112. The largest absolute Gasteiger partial charge is 0.453 e. The van der Waals surface area contributed by atoms with Crippen molar-refractivity contribution < 1.29 is 28.7 Å². The summed E-state index contributed by atoms with van der Waals surface area (Å²) >= 11 is 0. The van der Waals surface area contributed by atoms with Gasteiger partial charge < -0.3 is 39.9 Å². The Morgan fingerprint density at radius 2 is 1.31 bits per heavy atom. The molecule has 320 valence electrons. The molecule has 0 saturated carbocycles. The van der Waals surface area contributed by atoms with E-state index < -0.39 is 24.3 Å². The number of H-pyrrole nitrogens is 2. The fourth-order valence-corrected chi connectivity index (χ4v) is 8.93. The molecule has 0 radical (unpaired) electrons. The van der Waals surface area contributed by atoms with E-state index >= 15 is 0 Å². The van der Waals surface area contributed by atoms with Crippen LogP contribution >= 0.6 is 0 Å². The van der Waals surface area contributed by atoms with Gasteiger partial charge in [0.15, 0.2) is 0 Å². The maximum absolute atomic E-state index is 14.1. The lowest BCUT2D eigenvalue weighted by molar-refractivity contribution is -0.136. The molecule has 4 aliphatic rings. The number of carbonyl (C=O) groups is 4. The number of aromatic nitrogens is 4. The molecule has 0 spiro atoms. The number of likely N-dealkylation sites (tertiary alicyclic amines) is 2. The highest BCUT2D eigenvalue weighted by Gasteiger charge is 2.41. The van der Waals surface area contributed by atoms with Gasteiger partial charge in [-0.25, -0.2) is 19.6 Å². The number of carbonyl (C=O) groups excluding carboxylic acids is 4. The number of imidazole rings is 2. The van der Waals surface area contributed by atoms with Gasteiger partial charge in [0.25, 0.3) is 0 Å². The third-order valence-electron chi connectivity index (χ3n) is 12.4. The fourth-order valence-electron chi connectivity index (χ4n) is 8.93. The van der Waals surface area contributed by atoms with Crippen molar-refractivity contribution in [2.75, 3.05) is 27.3 Å². The summed E-state index contributed by atoms with van der Waals surface area (Å²) in [5, 5.41) is 7.64. The minimum absolute atomic E-state index is 0.0567. The summed E-state index contributed by atoms with van der Waals surface area (Å²) < 4.78 is 9.66.